The predicted molar refractivity (Wildman–Crippen MR) is 71.7 cm³/mol. The van der Waals surface area contributed by atoms with Crippen LogP contribution in [0.1, 0.15) is 12.5 Å². The van der Waals surface area contributed by atoms with Gasteiger partial charge in [-0.05, 0) is 31.7 Å². The first-order chi connectivity index (χ1) is 8.02. The van der Waals surface area contributed by atoms with Crippen molar-refractivity contribution in [2.24, 2.45) is 0 Å². The summed E-state index contributed by atoms with van der Waals surface area (Å²) < 4.78 is 0. The van der Waals surface area contributed by atoms with Crippen LogP contribution in [0.2, 0.25) is 10.0 Å². The molecule has 2 N–H and O–H groups in total. The molecule has 5 heteroatoms. The van der Waals surface area contributed by atoms with E-state index in [1.54, 1.807) is 18.2 Å². The SMILES string of the molecule is CNC(C)CNC(=O)Cc1ccc(Cl)c(Cl)c1. The van der Waals surface area contributed by atoms with Gasteiger partial charge in [-0.2, -0.15) is 0 Å². The number of hydrogen-bond donors (Lipinski definition) is 2. The lowest BCUT2D eigenvalue weighted by Gasteiger charge is -2.11. The summed E-state index contributed by atoms with van der Waals surface area (Å²) in [5.74, 6) is -0.0227. The van der Waals surface area contributed by atoms with Gasteiger partial charge in [0.2, 0.25) is 5.91 Å². The minimum atomic E-state index is -0.0227. The van der Waals surface area contributed by atoms with Gasteiger partial charge >= 0.3 is 0 Å². The second-order valence-electron chi connectivity index (χ2n) is 3.92. The third-order valence-corrected chi connectivity index (χ3v) is 3.19. The first-order valence-corrected chi connectivity index (χ1v) is 6.16. The molecule has 1 atom stereocenters. The Balaban J connectivity index is 2.48. The van der Waals surface area contributed by atoms with Crippen molar-refractivity contribution in [1.29, 1.82) is 0 Å². The molecular weight excluding hydrogens is 259 g/mol. The van der Waals surface area contributed by atoms with Crippen molar-refractivity contribution in [3.63, 3.8) is 0 Å². The summed E-state index contributed by atoms with van der Waals surface area (Å²) >= 11 is 11.7. The second-order valence-corrected chi connectivity index (χ2v) is 4.73. The van der Waals surface area contributed by atoms with Crippen LogP contribution in [0.25, 0.3) is 0 Å². The van der Waals surface area contributed by atoms with Crippen LogP contribution in [0.15, 0.2) is 18.2 Å². The Morgan fingerprint density at radius 1 is 1.35 bits per heavy atom. The molecular formula is C12H16Cl2N2O. The van der Waals surface area contributed by atoms with Crippen LogP contribution >= 0.6 is 23.2 Å². The number of rotatable bonds is 5. The standard InChI is InChI=1S/C12H16Cl2N2O/c1-8(15-2)7-16-12(17)6-9-3-4-10(13)11(14)5-9/h3-5,8,15H,6-7H2,1-2H3,(H,16,17). The van der Waals surface area contributed by atoms with Crippen molar-refractivity contribution in [2.75, 3.05) is 13.6 Å². The number of amides is 1. The molecule has 0 aliphatic carbocycles. The number of hydrogen-bond acceptors (Lipinski definition) is 2. The van der Waals surface area contributed by atoms with Crippen LogP contribution in [0.5, 0.6) is 0 Å². The van der Waals surface area contributed by atoms with E-state index in [9.17, 15) is 4.79 Å². The monoisotopic (exact) mass is 274 g/mol. The lowest BCUT2D eigenvalue weighted by molar-refractivity contribution is -0.120. The van der Waals surface area contributed by atoms with E-state index in [4.69, 9.17) is 23.2 Å². The number of likely N-dealkylation sites (N-methyl/N-ethyl adjacent to an activating group) is 1. The maximum atomic E-state index is 11.6. The number of carbonyl (C=O) groups is 1. The van der Waals surface area contributed by atoms with Gasteiger partial charge in [0.1, 0.15) is 0 Å². The van der Waals surface area contributed by atoms with Crippen molar-refractivity contribution in [2.45, 2.75) is 19.4 Å². The third kappa shape index (κ3) is 4.94. The highest BCUT2D eigenvalue weighted by Gasteiger charge is 2.06. The summed E-state index contributed by atoms with van der Waals surface area (Å²) in [5.41, 5.74) is 0.856. The van der Waals surface area contributed by atoms with Crippen molar-refractivity contribution >= 4 is 29.1 Å². The van der Waals surface area contributed by atoms with Gasteiger partial charge in [0.05, 0.1) is 16.5 Å². The van der Waals surface area contributed by atoms with Crippen molar-refractivity contribution in [3.8, 4) is 0 Å². The van der Waals surface area contributed by atoms with E-state index in [0.29, 0.717) is 23.0 Å². The average molecular weight is 275 g/mol. The highest BCUT2D eigenvalue weighted by molar-refractivity contribution is 6.42. The zero-order chi connectivity index (χ0) is 12.8. The number of nitrogens with one attached hydrogen (secondary N) is 2. The normalized spacial score (nSPS) is 12.2. The summed E-state index contributed by atoms with van der Waals surface area (Å²) in [6.07, 6.45) is 0.313. The Labute approximate surface area is 111 Å². The molecule has 0 aliphatic rings. The van der Waals surface area contributed by atoms with Crippen LogP contribution in [0.4, 0.5) is 0 Å². The topological polar surface area (TPSA) is 41.1 Å². The average Bonchev–Trinajstić information content (AvgIpc) is 2.31. The van der Waals surface area contributed by atoms with E-state index in [1.807, 2.05) is 14.0 Å². The molecule has 0 radical (unpaired) electrons. The van der Waals surface area contributed by atoms with Gasteiger partial charge in [0.25, 0.3) is 0 Å². The molecule has 1 amide bonds. The van der Waals surface area contributed by atoms with Crippen LogP contribution in [0, 0.1) is 0 Å². The second kappa shape index (κ2) is 6.84. The number of halogens is 2. The first-order valence-electron chi connectivity index (χ1n) is 5.41. The van der Waals surface area contributed by atoms with Crippen molar-refractivity contribution in [1.82, 2.24) is 10.6 Å². The Bertz CT molecular complexity index is 396. The molecule has 94 valence electrons. The van der Waals surface area contributed by atoms with Crippen molar-refractivity contribution < 1.29 is 4.79 Å². The molecule has 0 saturated heterocycles. The Morgan fingerprint density at radius 3 is 2.65 bits per heavy atom. The zero-order valence-corrected chi connectivity index (χ0v) is 11.4. The van der Waals surface area contributed by atoms with Gasteiger partial charge in [-0.15, -0.1) is 0 Å². The Morgan fingerprint density at radius 2 is 2.06 bits per heavy atom. The smallest absolute Gasteiger partial charge is 0.224 e. The summed E-state index contributed by atoms with van der Waals surface area (Å²) in [4.78, 5) is 11.6. The van der Waals surface area contributed by atoms with Crippen molar-refractivity contribution in [3.05, 3.63) is 33.8 Å². The van der Waals surface area contributed by atoms with E-state index in [1.165, 1.54) is 0 Å². The van der Waals surface area contributed by atoms with E-state index in [0.717, 1.165) is 5.56 Å². The summed E-state index contributed by atoms with van der Waals surface area (Å²) in [6, 6.07) is 5.47. The Hall–Kier alpha value is -0.770. The summed E-state index contributed by atoms with van der Waals surface area (Å²) in [5, 5.41) is 6.86. The van der Waals surface area contributed by atoms with Crippen LogP contribution < -0.4 is 10.6 Å². The molecule has 3 nitrogen and oxygen atoms in total. The van der Waals surface area contributed by atoms with Gasteiger partial charge in [-0.1, -0.05) is 29.3 Å². The van der Waals surface area contributed by atoms with E-state index in [2.05, 4.69) is 10.6 Å². The Kier molecular flexibility index (Phi) is 5.75. The quantitative estimate of drug-likeness (QED) is 0.865. The van der Waals surface area contributed by atoms with Crippen LogP contribution in [-0.2, 0) is 11.2 Å². The molecule has 17 heavy (non-hydrogen) atoms. The van der Waals surface area contributed by atoms with E-state index >= 15 is 0 Å². The van der Waals surface area contributed by atoms with Crippen LogP contribution in [0.3, 0.4) is 0 Å². The summed E-state index contributed by atoms with van der Waals surface area (Å²) in [6.45, 7) is 2.61. The largest absolute Gasteiger partial charge is 0.354 e. The number of carbonyl (C=O) groups excluding carboxylic acids is 1. The van der Waals surface area contributed by atoms with Gasteiger partial charge < -0.3 is 10.6 Å². The van der Waals surface area contributed by atoms with E-state index < -0.39 is 0 Å². The molecule has 0 aromatic heterocycles. The maximum Gasteiger partial charge on any atom is 0.224 e. The maximum absolute atomic E-state index is 11.6. The predicted octanol–water partition coefficient (Wildman–Crippen LogP) is 2.26. The molecule has 1 aromatic rings. The van der Waals surface area contributed by atoms with Gasteiger partial charge in [-0.3, -0.25) is 4.79 Å². The fourth-order valence-electron chi connectivity index (χ4n) is 1.27. The molecule has 0 aliphatic heterocycles. The van der Waals surface area contributed by atoms with Gasteiger partial charge in [0, 0.05) is 12.6 Å². The molecule has 1 aromatic carbocycles. The molecule has 0 saturated carbocycles. The molecule has 0 heterocycles. The highest BCUT2D eigenvalue weighted by Crippen LogP contribution is 2.22. The van der Waals surface area contributed by atoms with Gasteiger partial charge in [0.15, 0.2) is 0 Å². The first kappa shape index (κ1) is 14.3. The lowest BCUT2D eigenvalue weighted by atomic mass is 10.1. The fourth-order valence-corrected chi connectivity index (χ4v) is 1.59. The van der Waals surface area contributed by atoms with Gasteiger partial charge in [-0.25, -0.2) is 0 Å². The molecule has 0 spiro atoms. The highest BCUT2D eigenvalue weighted by atomic mass is 35.5. The molecule has 1 unspecified atom stereocenters. The minimum absolute atomic E-state index is 0.0227. The van der Waals surface area contributed by atoms with E-state index in [-0.39, 0.29) is 11.9 Å². The molecule has 1 rings (SSSR count). The minimum Gasteiger partial charge on any atom is -0.354 e. The number of benzene rings is 1. The zero-order valence-electron chi connectivity index (χ0n) is 9.89. The van der Waals surface area contributed by atoms with Crippen LogP contribution in [-0.4, -0.2) is 25.5 Å². The lowest BCUT2D eigenvalue weighted by Crippen LogP contribution is -2.37. The third-order valence-electron chi connectivity index (χ3n) is 2.45. The summed E-state index contributed by atoms with van der Waals surface area (Å²) in [7, 11) is 1.86. The fraction of sp³-hybridized carbons (Fsp3) is 0.417. The molecule has 0 bridgehead atoms. The molecule has 0 fully saturated rings.